The standard InChI is InChI=1S/C30H30ClFN2O9/c1-5-43-30(38)25-21(15-42-11-10-34-27(35)17-8-6-7-9-18(17)28(34)36)33-20(14-32)24(29(37)41-4)23(25)19-12-16(39-2)13-22(40-3)26(19)31/h6-9,12-13,23,33H,5,10-11,14-15H2,1-4H3. The van der Waals surface area contributed by atoms with Crippen LogP contribution in [0.4, 0.5) is 4.39 Å². The molecule has 4 rings (SSSR count). The van der Waals surface area contributed by atoms with Crippen molar-refractivity contribution in [1.29, 1.82) is 0 Å². The maximum absolute atomic E-state index is 14.5. The number of hydrogen-bond donors (Lipinski definition) is 1. The fourth-order valence-corrected chi connectivity index (χ4v) is 5.28. The quantitative estimate of drug-likeness (QED) is 0.215. The van der Waals surface area contributed by atoms with Gasteiger partial charge in [-0.25, -0.2) is 14.0 Å². The number of carbonyl (C=O) groups excluding carboxylic acids is 4. The summed E-state index contributed by atoms with van der Waals surface area (Å²) in [4.78, 5) is 53.0. The zero-order chi connectivity index (χ0) is 31.3. The number of allylic oxidation sites excluding steroid dienone is 1. The average molecular weight is 617 g/mol. The number of fused-ring (bicyclic) bond motifs is 1. The van der Waals surface area contributed by atoms with Crippen LogP contribution in [0.15, 0.2) is 58.9 Å². The van der Waals surface area contributed by atoms with E-state index in [1.807, 2.05) is 0 Å². The second kappa shape index (κ2) is 13.7. The Bertz CT molecular complexity index is 1490. The Balaban J connectivity index is 1.72. The molecule has 2 aliphatic rings. The minimum absolute atomic E-state index is 0.00859. The summed E-state index contributed by atoms with van der Waals surface area (Å²) in [7, 11) is 3.92. The second-order valence-electron chi connectivity index (χ2n) is 9.28. The van der Waals surface area contributed by atoms with E-state index in [1.54, 1.807) is 31.2 Å². The maximum Gasteiger partial charge on any atom is 0.336 e. The highest BCUT2D eigenvalue weighted by Crippen LogP contribution is 2.46. The third kappa shape index (κ3) is 6.06. The first-order valence-electron chi connectivity index (χ1n) is 13.2. The van der Waals surface area contributed by atoms with Crippen LogP contribution in [0.2, 0.25) is 5.02 Å². The van der Waals surface area contributed by atoms with Crippen molar-refractivity contribution < 1.29 is 47.3 Å². The lowest BCUT2D eigenvalue weighted by molar-refractivity contribution is -0.139. The lowest BCUT2D eigenvalue weighted by Gasteiger charge is -2.32. The number of carbonyl (C=O) groups is 4. The van der Waals surface area contributed by atoms with Gasteiger partial charge in [0.2, 0.25) is 0 Å². The fourth-order valence-electron chi connectivity index (χ4n) is 4.98. The summed E-state index contributed by atoms with van der Waals surface area (Å²) < 4.78 is 41.3. The number of imide groups is 1. The summed E-state index contributed by atoms with van der Waals surface area (Å²) in [6, 6.07) is 9.49. The molecule has 1 atom stereocenters. The maximum atomic E-state index is 14.5. The third-order valence-electron chi connectivity index (χ3n) is 6.95. The molecular weight excluding hydrogens is 587 g/mol. The minimum Gasteiger partial charge on any atom is -0.497 e. The molecule has 0 aliphatic carbocycles. The number of esters is 2. The number of dihydropyridines is 1. The van der Waals surface area contributed by atoms with Crippen LogP contribution in [0.1, 0.15) is 39.1 Å². The number of rotatable bonds is 12. The third-order valence-corrected chi connectivity index (χ3v) is 7.36. The van der Waals surface area contributed by atoms with Crippen LogP contribution in [0.25, 0.3) is 0 Å². The Hall–Kier alpha value is -4.42. The van der Waals surface area contributed by atoms with Crippen molar-refractivity contribution in [2.24, 2.45) is 0 Å². The van der Waals surface area contributed by atoms with E-state index in [4.69, 9.17) is 35.3 Å². The number of ether oxygens (including phenoxy) is 5. The molecule has 1 unspecified atom stereocenters. The number of nitrogens with zero attached hydrogens (tertiary/aromatic N) is 1. The van der Waals surface area contributed by atoms with Crippen molar-refractivity contribution in [3.63, 3.8) is 0 Å². The van der Waals surface area contributed by atoms with Crippen LogP contribution >= 0.6 is 11.6 Å². The summed E-state index contributed by atoms with van der Waals surface area (Å²) in [6.45, 7) is -0.0165. The summed E-state index contributed by atoms with van der Waals surface area (Å²) in [5, 5.41) is 2.84. The Morgan fingerprint density at radius 3 is 2.19 bits per heavy atom. The Labute approximate surface area is 252 Å². The van der Waals surface area contributed by atoms with Gasteiger partial charge in [-0.1, -0.05) is 23.7 Å². The molecule has 13 heteroatoms. The monoisotopic (exact) mass is 616 g/mol. The van der Waals surface area contributed by atoms with Gasteiger partial charge in [-0.15, -0.1) is 0 Å². The number of amides is 2. The molecular formula is C30H30ClFN2O9. The molecule has 0 saturated carbocycles. The van der Waals surface area contributed by atoms with Crippen molar-refractivity contribution >= 4 is 35.4 Å². The molecule has 0 aromatic heterocycles. The van der Waals surface area contributed by atoms with Gasteiger partial charge in [0, 0.05) is 6.07 Å². The van der Waals surface area contributed by atoms with E-state index in [9.17, 15) is 23.6 Å². The highest BCUT2D eigenvalue weighted by Gasteiger charge is 2.42. The van der Waals surface area contributed by atoms with Gasteiger partial charge in [0.15, 0.2) is 0 Å². The predicted octanol–water partition coefficient (Wildman–Crippen LogP) is 3.57. The Kier molecular flexibility index (Phi) is 10.0. The van der Waals surface area contributed by atoms with Crippen LogP contribution in [0, 0.1) is 0 Å². The van der Waals surface area contributed by atoms with Crippen LogP contribution in [-0.4, -0.2) is 83.0 Å². The molecule has 0 radical (unpaired) electrons. The summed E-state index contributed by atoms with van der Waals surface area (Å²) >= 11 is 6.69. The van der Waals surface area contributed by atoms with Crippen LogP contribution < -0.4 is 14.8 Å². The normalized spacial score (nSPS) is 16.2. The fraction of sp³-hybridized carbons (Fsp3) is 0.333. The zero-order valence-electron chi connectivity index (χ0n) is 24.0. The van der Waals surface area contributed by atoms with E-state index in [0.29, 0.717) is 16.9 Å². The first-order valence-corrected chi connectivity index (χ1v) is 13.6. The predicted molar refractivity (Wildman–Crippen MR) is 152 cm³/mol. The van der Waals surface area contributed by atoms with E-state index in [2.05, 4.69) is 5.32 Å². The summed E-state index contributed by atoms with van der Waals surface area (Å²) in [5.41, 5.74) is 0.408. The van der Waals surface area contributed by atoms with Gasteiger partial charge < -0.3 is 29.0 Å². The van der Waals surface area contributed by atoms with Gasteiger partial charge in [0.05, 0.1) is 92.3 Å². The number of nitrogens with one attached hydrogen (secondary N) is 1. The van der Waals surface area contributed by atoms with Gasteiger partial charge in [-0.3, -0.25) is 14.5 Å². The highest BCUT2D eigenvalue weighted by atomic mass is 35.5. The first-order chi connectivity index (χ1) is 20.7. The van der Waals surface area contributed by atoms with Gasteiger partial charge in [0.1, 0.15) is 18.2 Å². The SMILES string of the molecule is CCOC(=O)C1=C(COCCN2C(=O)c3ccccc3C2=O)NC(CF)=C(C(=O)OC)C1c1cc(OC)cc(OC)c1Cl. The number of hydrogen-bond acceptors (Lipinski definition) is 10. The van der Waals surface area contributed by atoms with Gasteiger partial charge in [0.25, 0.3) is 11.8 Å². The van der Waals surface area contributed by atoms with Crippen molar-refractivity contribution in [1.82, 2.24) is 10.2 Å². The highest BCUT2D eigenvalue weighted by molar-refractivity contribution is 6.33. The molecule has 0 saturated heterocycles. The first kappa shape index (κ1) is 31.5. The molecule has 0 bridgehead atoms. The number of halogens is 2. The van der Waals surface area contributed by atoms with Crippen molar-refractivity contribution in [2.45, 2.75) is 12.8 Å². The van der Waals surface area contributed by atoms with E-state index >= 15 is 0 Å². The molecule has 43 heavy (non-hydrogen) atoms. The van der Waals surface area contributed by atoms with Crippen molar-refractivity contribution in [2.75, 3.05) is 54.4 Å². The van der Waals surface area contributed by atoms with E-state index in [0.717, 1.165) is 12.0 Å². The Morgan fingerprint density at radius 1 is 0.977 bits per heavy atom. The van der Waals surface area contributed by atoms with Crippen LogP contribution in [0.5, 0.6) is 11.5 Å². The lowest BCUT2D eigenvalue weighted by atomic mass is 9.80. The van der Waals surface area contributed by atoms with Crippen LogP contribution in [0.3, 0.4) is 0 Å². The number of methoxy groups -OCH3 is 3. The smallest absolute Gasteiger partial charge is 0.336 e. The lowest BCUT2D eigenvalue weighted by Crippen LogP contribution is -2.37. The number of benzene rings is 2. The molecule has 2 aromatic carbocycles. The van der Waals surface area contributed by atoms with Gasteiger partial charge >= 0.3 is 11.9 Å². The average Bonchev–Trinajstić information content (AvgIpc) is 3.26. The minimum atomic E-state index is -1.27. The summed E-state index contributed by atoms with van der Waals surface area (Å²) in [5.74, 6) is -3.42. The summed E-state index contributed by atoms with van der Waals surface area (Å²) in [6.07, 6.45) is 0. The molecule has 0 fully saturated rings. The van der Waals surface area contributed by atoms with E-state index < -0.39 is 36.3 Å². The molecule has 2 aliphatic heterocycles. The second-order valence-corrected chi connectivity index (χ2v) is 9.66. The van der Waals surface area contributed by atoms with E-state index in [1.165, 1.54) is 26.4 Å². The molecule has 2 amide bonds. The Morgan fingerprint density at radius 2 is 1.63 bits per heavy atom. The molecule has 0 spiro atoms. The molecule has 2 aromatic rings. The van der Waals surface area contributed by atoms with Crippen molar-refractivity contribution in [3.05, 3.63) is 80.7 Å². The molecule has 228 valence electrons. The largest absolute Gasteiger partial charge is 0.497 e. The van der Waals surface area contributed by atoms with E-state index in [-0.39, 0.29) is 65.2 Å². The van der Waals surface area contributed by atoms with Gasteiger partial charge in [-0.05, 0) is 30.7 Å². The van der Waals surface area contributed by atoms with Crippen molar-refractivity contribution in [3.8, 4) is 11.5 Å². The van der Waals surface area contributed by atoms with Gasteiger partial charge in [-0.2, -0.15) is 0 Å². The molecule has 2 heterocycles. The molecule has 11 nitrogen and oxygen atoms in total. The topological polar surface area (TPSA) is 130 Å². The zero-order valence-corrected chi connectivity index (χ0v) is 24.7. The molecule has 1 N–H and O–H groups in total. The number of alkyl halides is 1. The van der Waals surface area contributed by atoms with Crippen LogP contribution in [-0.2, 0) is 23.8 Å².